The molecule has 0 aliphatic rings. The molecule has 0 fully saturated rings. The van der Waals surface area contributed by atoms with Crippen molar-refractivity contribution in [1.29, 1.82) is 0 Å². The van der Waals surface area contributed by atoms with Gasteiger partial charge in [0.15, 0.2) is 5.96 Å². The summed E-state index contributed by atoms with van der Waals surface area (Å²) in [6.45, 7) is 4.13. The van der Waals surface area contributed by atoms with E-state index in [0.29, 0.717) is 5.25 Å². The van der Waals surface area contributed by atoms with Crippen molar-refractivity contribution in [3.05, 3.63) is 30.3 Å². The van der Waals surface area contributed by atoms with Gasteiger partial charge in [0.25, 0.3) is 0 Å². The monoisotopic (exact) mass is 453 g/mol. The van der Waals surface area contributed by atoms with Crippen molar-refractivity contribution in [3.8, 4) is 0 Å². The van der Waals surface area contributed by atoms with Crippen LogP contribution in [0, 0.1) is 0 Å². The molecule has 0 aliphatic carbocycles. The van der Waals surface area contributed by atoms with E-state index < -0.39 is 0 Å². The summed E-state index contributed by atoms with van der Waals surface area (Å²) >= 11 is 3.79. The normalized spacial score (nSPS) is 12.4. The number of thioether (sulfide) groups is 2. The number of rotatable bonds is 9. The molecule has 1 rings (SSSR count). The molecule has 22 heavy (non-hydrogen) atoms. The Kier molecular flexibility index (Phi) is 14.5. The molecular weight excluding hydrogens is 425 g/mol. The lowest BCUT2D eigenvalue weighted by Crippen LogP contribution is -2.40. The first kappa shape index (κ1) is 21.9. The van der Waals surface area contributed by atoms with Crippen molar-refractivity contribution in [3.63, 3.8) is 0 Å². The molecule has 2 N–H and O–H groups in total. The lowest BCUT2D eigenvalue weighted by molar-refractivity contribution is 0.729. The number of hydrogen-bond donors (Lipinski definition) is 2. The molecule has 0 saturated carbocycles. The molecule has 0 heterocycles. The van der Waals surface area contributed by atoms with Crippen LogP contribution in [-0.2, 0) is 0 Å². The van der Waals surface area contributed by atoms with Crippen molar-refractivity contribution < 1.29 is 0 Å². The smallest absolute Gasteiger partial charge is 0.191 e. The highest BCUT2D eigenvalue weighted by atomic mass is 127. The Hall–Kier alpha value is -0.0800. The number of benzene rings is 1. The lowest BCUT2D eigenvalue weighted by Gasteiger charge is -2.15. The van der Waals surface area contributed by atoms with Crippen molar-refractivity contribution in [2.24, 2.45) is 4.99 Å². The lowest BCUT2D eigenvalue weighted by atomic mass is 10.3. The number of hydrogen-bond acceptors (Lipinski definition) is 3. The number of guanidine groups is 1. The highest BCUT2D eigenvalue weighted by Crippen LogP contribution is 2.21. The standard InChI is InChI=1S/C16H27N3S2.HI/c1-14(21-15-9-5-4-6-10-15)13-19-16(17-2)18-11-7-8-12-20-3;/h4-6,9-10,14H,7-8,11-13H2,1-3H3,(H2,17,18,19);1H. The van der Waals surface area contributed by atoms with Crippen LogP contribution in [0.1, 0.15) is 19.8 Å². The van der Waals surface area contributed by atoms with Crippen LogP contribution in [0.3, 0.4) is 0 Å². The van der Waals surface area contributed by atoms with E-state index in [1.165, 1.54) is 23.5 Å². The first-order valence-corrected chi connectivity index (χ1v) is 9.68. The first-order valence-electron chi connectivity index (χ1n) is 7.41. The average Bonchev–Trinajstić information content (AvgIpc) is 2.51. The number of nitrogens with one attached hydrogen (secondary N) is 2. The van der Waals surface area contributed by atoms with E-state index >= 15 is 0 Å². The summed E-state index contributed by atoms with van der Waals surface area (Å²) in [5.74, 6) is 2.14. The van der Waals surface area contributed by atoms with Crippen LogP contribution in [-0.4, -0.2) is 43.4 Å². The number of unbranched alkanes of at least 4 members (excludes halogenated alkanes) is 1. The third kappa shape index (κ3) is 10.6. The summed E-state index contributed by atoms with van der Waals surface area (Å²) in [5, 5.41) is 7.26. The molecule has 126 valence electrons. The molecule has 0 radical (unpaired) electrons. The van der Waals surface area contributed by atoms with E-state index in [9.17, 15) is 0 Å². The van der Waals surface area contributed by atoms with Crippen LogP contribution in [0.4, 0.5) is 0 Å². The maximum atomic E-state index is 4.26. The second-order valence-corrected chi connectivity index (χ2v) is 7.32. The van der Waals surface area contributed by atoms with E-state index in [1.807, 2.05) is 30.6 Å². The first-order chi connectivity index (χ1) is 10.3. The quantitative estimate of drug-likeness (QED) is 0.194. The Morgan fingerprint density at radius 3 is 2.55 bits per heavy atom. The van der Waals surface area contributed by atoms with Crippen LogP contribution in [0.2, 0.25) is 0 Å². The summed E-state index contributed by atoms with van der Waals surface area (Å²) in [7, 11) is 1.83. The largest absolute Gasteiger partial charge is 0.356 e. The van der Waals surface area contributed by atoms with Gasteiger partial charge in [0.2, 0.25) is 0 Å². The van der Waals surface area contributed by atoms with Crippen LogP contribution in [0.5, 0.6) is 0 Å². The summed E-state index contributed by atoms with van der Waals surface area (Å²) in [4.78, 5) is 5.58. The number of aliphatic imine (C=N–C) groups is 1. The van der Waals surface area contributed by atoms with Gasteiger partial charge in [-0.3, -0.25) is 4.99 Å². The summed E-state index contributed by atoms with van der Waals surface area (Å²) in [5.41, 5.74) is 0. The molecule has 0 spiro atoms. The van der Waals surface area contributed by atoms with E-state index in [1.54, 1.807) is 0 Å². The predicted octanol–water partition coefficient (Wildman–Crippen LogP) is 4.09. The van der Waals surface area contributed by atoms with Gasteiger partial charge in [0, 0.05) is 30.3 Å². The zero-order valence-corrected chi connectivity index (χ0v) is 17.6. The van der Waals surface area contributed by atoms with Gasteiger partial charge < -0.3 is 10.6 Å². The van der Waals surface area contributed by atoms with Crippen molar-refractivity contribution >= 4 is 53.5 Å². The van der Waals surface area contributed by atoms with Crippen molar-refractivity contribution in [1.82, 2.24) is 10.6 Å². The predicted molar refractivity (Wildman–Crippen MR) is 114 cm³/mol. The minimum absolute atomic E-state index is 0. The molecule has 1 aromatic rings. The summed E-state index contributed by atoms with van der Waals surface area (Å²) < 4.78 is 0. The van der Waals surface area contributed by atoms with Gasteiger partial charge in [-0.2, -0.15) is 11.8 Å². The minimum atomic E-state index is 0. The fourth-order valence-electron chi connectivity index (χ4n) is 1.81. The van der Waals surface area contributed by atoms with E-state index in [2.05, 4.69) is 59.1 Å². The summed E-state index contributed by atoms with van der Waals surface area (Å²) in [6, 6.07) is 10.5. The van der Waals surface area contributed by atoms with Gasteiger partial charge in [-0.25, -0.2) is 0 Å². The molecule has 1 aromatic carbocycles. The molecule has 0 aromatic heterocycles. The average molecular weight is 453 g/mol. The van der Waals surface area contributed by atoms with Gasteiger partial charge in [-0.05, 0) is 37.0 Å². The molecular formula is C16H28IN3S2. The maximum absolute atomic E-state index is 4.26. The van der Waals surface area contributed by atoms with Gasteiger partial charge in [-0.15, -0.1) is 35.7 Å². The molecule has 6 heteroatoms. The Labute approximate surface area is 160 Å². The highest BCUT2D eigenvalue weighted by molar-refractivity contribution is 14.0. The Bertz CT molecular complexity index is 402. The second kappa shape index (κ2) is 14.5. The SMILES string of the molecule is CN=C(NCCCCSC)NCC(C)Sc1ccccc1.I. The topological polar surface area (TPSA) is 36.4 Å². The Morgan fingerprint density at radius 1 is 1.18 bits per heavy atom. The zero-order chi connectivity index (χ0) is 15.3. The van der Waals surface area contributed by atoms with Gasteiger partial charge >= 0.3 is 0 Å². The van der Waals surface area contributed by atoms with Gasteiger partial charge in [0.05, 0.1) is 0 Å². The number of nitrogens with zero attached hydrogens (tertiary/aromatic N) is 1. The van der Waals surface area contributed by atoms with E-state index in [0.717, 1.165) is 19.0 Å². The van der Waals surface area contributed by atoms with Gasteiger partial charge in [-0.1, -0.05) is 25.1 Å². The maximum Gasteiger partial charge on any atom is 0.191 e. The third-order valence-corrected chi connectivity index (χ3v) is 4.74. The zero-order valence-electron chi connectivity index (χ0n) is 13.7. The summed E-state index contributed by atoms with van der Waals surface area (Å²) in [6.07, 6.45) is 4.60. The van der Waals surface area contributed by atoms with Gasteiger partial charge in [0.1, 0.15) is 0 Å². The molecule has 0 bridgehead atoms. The van der Waals surface area contributed by atoms with Crippen LogP contribution in [0.25, 0.3) is 0 Å². The van der Waals surface area contributed by atoms with Crippen LogP contribution < -0.4 is 10.6 Å². The van der Waals surface area contributed by atoms with E-state index in [4.69, 9.17) is 0 Å². The Morgan fingerprint density at radius 2 is 1.91 bits per heavy atom. The van der Waals surface area contributed by atoms with Crippen molar-refractivity contribution in [2.45, 2.75) is 29.9 Å². The van der Waals surface area contributed by atoms with Crippen molar-refractivity contribution in [2.75, 3.05) is 32.1 Å². The molecule has 1 atom stereocenters. The third-order valence-electron chi connectivity index (χ3n) is 2.93. The second-order valence-electron chi connectivity index (χ2n) is 4.82. The fourth-order valence-corrected chi connectivity index (χ4v) is 3.25. The fraction of sp³-hybridized carbons (Fsp3) is 0.562. The van der Waals surface area contributed by atoms with Crippen LogP contribution in [0.15, 0.2) is 40.2 Å². The molecule has 3 nitrogen and oxygen atoms in total. The number of halogens is 1. The minimum Gasteiger partial charge on any atom is -0.356 e. The molecule has 0 aliphatic heterocycles. The van der Waals surface area contributed by atoms with Crippen LogP contribution >= 0.6 is 47.5 Å². The molecule has 0 amide bonds. The Balaban J connectivity index is 0.00000441. The molecule has 1 unspecified atom stereocenters. The highest BCUT2D eigenvalue weighted by Gasteiger charge is 2.05. The van der Waals surface area contributed by atoms with E-state index in [-0.39, 0.29) is 24.0 Å². The molecule has 0 saturated heterocycles.